The largest absolute Gasteiger partial charge is 0.383 e. The molecule has 0 atom stereocenters. The van der Waals surface area contributed by atoms with Crippen molar-refractivity contribution in [1.82, 2.24) is 4.98 Å². The molecule has 0 aliphatic heterocycles. The molecule has 0 radical (unpaired) electrons. The fourth-order valence-electron chi connectivity index (χ4n) is 2.54. The van der Waals surface area contributed by atoms with Gasteiger partial charge in [-0.05, 0) is 25.3 Å². The van der Waals surface area contributed by atoms with Crippen molar-refractivity contribution in [3.8, 4) is 0 Å². The van der Waals surface area contributed by atoms with Gasteiger partial charge in [0.05, 0.1) is 4.92 Å². The molecule has 1 aromatic carbocycles. The number of nitro groups is 1. The summed E-state index contributed by atoms with van der Waals surface area (Å²) in [5.41, 5.74) is 7.32. The Morgan fingerprint density at radius 1 is 1.40 bits per heavy atom. The fraction of sp³-hybridized carbons (Fsp3) is 0.357. The van der Waals surface area contributed by atoms with Crippen LogP contribution in [0.15, 0.2) is 30.5 Å². The van der Waals surface area contributed by atoms with Crippen LogP contribution in [0.3, 0.4) is 0 Å². The van der Waals surface area contributed by atoms with Gasteiger partial charge in [-0.25, -0.2) is 4.98 Å². The Balaban J connectivity index is 1.95. The molecule has 2 aromatic rings. The van der Waals surface area contributed by atoms with Crippen LogP contribution >= 0.6 is 0 Å². The lowest BCUT2D eigenvalue weighted by Gasteiger charge is -2.38. The van der Waals surface area contributed by atoms with Gasteiger partial charge in [0, 0.05) is 35.4 Å². The van der Waals surface area contributed by atoms with Crippen LogP contribution in [0.1, 0.15) is 19.3 Å². The first kappa shape index (κ1) is 12.8. The summed E-state index contributed by atoms with van der Waals surface area (Å²) in [6.45, 7) is 0.675. The van der Waals surface area contributed by atoms with Crippen LogP contribution in [0.4, 0.5) is 11.4 Å². The van der Waals surface area contributed by atoms with Gasteiger partial charge < -0.3 is 11.1 Å². The summed E-state index contributed by atoms with van der Waals surface area (Å²) < 4.78 is 0. The standard InChI is InChI=1S/C14H16N4O2/c15-14(6-2-7-14)9-17-11-5-8-16-13-10(11)3-1-4-12(13)18(19)20/h1,3-5,8H,2,6-7,9,15H2,(H,16,17). The Kier molecular flexibility index (Phi) is 3.02. The van der Waals surface area contributed by atoms with E-state index in [0.29, 0.717) is 12.1 Å². The predicted octanol–water partition coefficient (Wildman–Crippen LogP) is 2.44. The molecular formula is C14H16N4O2. The van der Waals surface area contributed by atoms with E-state index in [2.05, 4.69) is 10.3 Å². The zero-order chi connectivity index (χ0) is 14.2. The second-order valence-electron chi connectivity index (χ2n) is 5.36. The van der Waals surface area contributed by atoms with Gasteiger partial charge in [-0.2, -0.15) is 0 Å². The summed E-state index contributed by atoms with van der Waals surface area (Å²) in [6.07, 6.45) is 4.79. The maximum Gasteiger partial charge on any atom is 0.295 e. The van der Waals surface area contributed by atoms with Crippen LogP contribution < -0.4 is 11.1 Å². The summed E-state index contributed by atoms with van der Waals surface area (Å²) in [6, 6.07) is 6.81. The Labute approximate surface area is 116 Å². The van der Waals surface area contributed by atoms with Crippen LogP contribution in [0.5, 0.6) is 0 Å². The minimum atomic E-state index is -0.407. The molecule has 1 aliphatic carbocycles. The molecule has 1 fully saturated rings. The molecule has 0 saturated heterocycles. The maximum absolute atomic E-state index is 11.0. The second-order valence-corrected chi connectivity index (χ2v) is 5.36. The lowest BCUT2D eigenvalue weighted by Crippen LogP contribution is -2.51. The Bertz CT molecular complexity index is 667. The Hall–Kier alpha value is -2.21. The van der Waals surface area contributed by atoms with E-state index in [-0.39, 0.29) is 11.2 Å². The lowest BCUT2D eigenvalue weighted by molar-refractivity contribution is -0.383. The number of benzene rings is 1. The third-order valence-electron chi connectivity index (χ3n) is 3.93. The number of aromatic nitrogens is 1. The monoisotopic (exact) mass is 272 g/mol. The number of anilines is 1. The van der Waals surface area contributed by atoms with Crippen molar-refractivity contribution in [3.63, 3.8) is 0 Å². The Morgan fingerprint density at radius 2 is 2.20 bits per heavy atom. The number of nitro benzene ring substituents is 1. The molecule has 104 valence electrons. The molecule has 3 rings (SSSR count). The smallest absolute Gasteiger partial charge is 0.295 e. The summed E-state index contributed by atoms with van der Waals surface area (Å²) in [7, 11) is 0. The fourth-order valence-corrected chi connectivity index (χ4v) is 2.54. The van der Waals surface area contributed by atoms with Gasteiger partial charge in [0.25, 0.3) is 5.69 Å². The van der Waals surface area contributed by atoms with Gasteiger partial charge in [-0.15, -0.1) is 0 Å². The van der Waals surface area contributed by atoms with E-state index in [1.165, 1.54) is 12.5 Å². The molecule has 0 amide bonds. The predicted molar refractivity (Wildman–Crippen MR) is 77.7 cm³/mol. The number of non-ortho nitro benzene ring substituents is 1. The number of hydrogen-bond acceptors (Lipinski definition) is 5. The first-order chi connectivity index (χ1) is 9.59. The van der Waals surface area contributed by atoms with Crippen molar-refractivity contribution in [1.29, 1.82) is 0 Å². The molecule has 1 aromatic heterocycles. The van der Waals surface area contributed by atoms with E-state index in [1.54, 1.807) is 12.3 Å². The zero-order valence-corrected chi connectivity index (χ0v) is 11.0. The van der Waals surface area contributed by atoms with Crippen LogP contribution in [0, 0.1) is 10.1 Å². The molecule has 1 saturated carbocycles. The second kappa shape index (κ2) is 4.72. The van der Waals surface area contributed by atoms with E-state index >= 15 is 0 Å². The molecule has 0 bridgehead atoms. The van der Waals surface area contributed by atoms with Gasteiger partial charge in [-0.3, -0.25) is 10.1 Å². The highest BCUT2D eigenvalue weighted by molar-refractivity contribution is 5.96. The number of nitrogens with one attached hydrogen (secondary N) is 1. The number of hydrogen-bond donors (Lipinski definition) is 2. The molecule has 6 nitrogen and oxygen atoms in total. The summed E-state index contributed by atoms with van der Waals surface area (Å²) in [5.74, 6) is 0. The van der Waals surface area contributed by atoms with E-state index in [1.807, 2.05) is 12.1 Å². The van der Waals surface area contributed by atoms with Crippen molar-refractivity contribution in [2.75, 3.05) is 11.9 Å². The summed E-state index contributed by atoms with van der Waals surface area (Å²) in [4.78, 5) is 14.7. The zero-order valence-electron chi connectivity index (χ0n) is 11.0. The Morgan fingerprint density at radius 3 is 2.85 bits per heavy atom. The van der Waals surface area contributed by atoms with Crippen molar-refractivity contribution < 1.29 is 4.92 Å². The van der Waals surface area contributed by atoms with Crippen LogP contribution in [0.25, 0.3) is 10.9 Å². The van der Waals surface area contributed by atoms with E-state index in [0.717, 1.165) is 23.9 Å². The minimum Gasteiger partial charge on any atom is -0.383 e. The highest BCUT2D eigenvalue weighted by Crippen LogP contribution is 2.32. The third-order valence-corrected chi connectivity index (χ3v) is 3.93. The van der Waals surface area contributed by atoms with E-state index in [9.17, 15) is 10.1 Å². The van der Waals surface area contributed by atoms with Gasteiger partial charge in [0.2, 0.25) is 0 Å². The average molecular weight is 272 g/mol. The molecule has 1 aliphatic rings. The quantitative estimate of drug-likeness (QED) is 0.658. The number of nitrogens with zero attached hydrogens (tertiary/aromatic N) is 2. The minimum absolute atomic E-state index is 0.0252. The molecule has 3 N–H and O–H groups in total. The third kappa shape index (κ3) is 2.18. The van der Waals surface area contributed by atoms with Gasteiger partial charge >= 0.3 is 0 Å². The maximum atomic E-state index is 11.0. The van der Waals surface area contributed by atoms with Gasteiger partial charge in [-0.1, -0.05) is 12.1 Å². The van der Waals surface area contributed by atoms with Gasteiger partial charge in [0.15, 0.2) is 0 Å². The highest BCUT2D eigenvalue weighted by atomic mass is 16.6. The van der Waals surface area contributed by atoms with Crippen molar-refractivity contribution >= 4 is 22.3 Å². The summed E-state index contributed by atoms with van der Waals surface area (Å²) in [5, 5.41) is 15.1. The normalized spacial score (nSPS) is 16.6. The van der Waals surface area contributed by atoms with E-state index < -0.39 is 4.92 Å². The molecule has 1 heterocycles. The first-order valence-electron chi connectivity index (χ1n) is 6.64. The first-order valence-corrected chi connectivity index (χ1v) is 6.64. The van der Waals surface area contributed by atoms with Crippen LogP contribution in [-0.4, -0.2) is 22.0 Å². The molecule has 20 heavy (non-hydrogen) atoms. The van der Waals surface area contributed by atoms with Crippen LogP contribution in [-0.2, 0) is 0 Å². The van der Waals surface area contributed by atoms with Crippen molar-refractivity contribution in [2.24, 2.45) is 5.73 Å². The van der Waals surface area contributed by atoms with Crippen molar-refractivity contribution in [3.05, 3.63) is 40.6 Å². The number of rotatable bonds is 4. The highest BCUT2D eigenvalue weighted by Gasteiger charge is 2.32. The molecule has 0 spiro atoms. The van der Waals surface area contributed by atoms with Crippen molar-refractivity contribution in [2.45, 2.75) is 24.8 Å². The summed E-state index contributed by atoms with van der Waals surface area (Å²) >= 11 is 0. The molecule has 0 unspecified atom stereocenters. The number of nitrogens with two attached hydrogens (primary N) is 1. The lowest BCUT2D eigenvalue weighted by atomic mass is 9.78. The average Bonchev–Trinajstić information content (AvgIpc) is 2.42. The molecular weight excluding hydrogens is 256 g/mol. The van der Waals surface area contributed by atoms with Crippen LogP contribution in [0.2, 0.25) is 0 Å². The van der Waals surface area contributed by atoms with E-state index in [4.69, 9.17) is 5.73 Å². The number of pyridine rings is 1. The SMILES string of the molecule is NC1(CNc2ccnc3c([N+](=O)[O-])cccc23)CCC1. The van der Waals surface area contributed by atoms with Gasteiger partial charge in [0.1, 0.15) is 5.52 Å². The topological polar surface area (TPSA) is 94.1 Å². The molecule has 6 heteroatoms. The number of fused-ring (bicyclic) bond motifs is 1. The number of para-hydroxylation sites is 1.